The summed E-state index contributed by atoms with van der Waals surface area (Å²) < 4.78 is 31.4. The summed E-state index contributed by atoms with van der Waals surface area (Å²) >= 11 is 0. The molecule has 0 spiro atoms. The average molecular weight is 1270 g/mol. The number of hydrogen-bond donors (Lipinski definition) is 11. The Morgan fingerprint density at radius 3 is 0.888 bits per heavy atom. The molecular weight excluding hydrogens is 1130 g/mol. The fourth-order valence-corrected chi connectivity index (χ4v) is 14.5. The topological polar surface area (TPSA) is 286 Å². The number of aliphatic hydroxyl groups is 8. The molecule has 15 atom stereocenters. The minimum atomic E-state index is -1.77. The second-order valence-electron chi connectivity index (χ2n) is 28.0. The Kier molecular flexibility index (Phi) is 47.8. The molecular formula is C72H145N4O13+. The van der Waals surface area contributed by atoms with Crippen LogP contribution in [0.3, 0.4) is 0 Å². The molecule has 0 amide bonds. The lowest BCUT2D eigenvalue weighted by Gasteiger charge is -2.59. The number of nitrogens with zero attached hydrogens (tertiary/aromatic N) is 1. The molecule has 0 aromatic rings. The van der Waals surface area contributed by atoms with Crippen LogP contribution in [0.4, 0.5) is 0 Å². The maximum Gasteiger partial charge on any atom is 0.258 e. The van der Waals surface area contributed by atoms with Crippen LogP contribution in [-0.2, 0) is 23.7 Å². The van der Waals surface area contributed by atoms with Gasteiger partial charge in [0.05, 0.1) is 51.0 Å². The highest BCUT2D eigenvalue weighted by Gasteiger charge is 2.65. The van der Waals surface area contributed by atoms with Gasteiger partial charge in [-0.05, 0) is 38.5 Å². The van der Waals surface area contributed by atoms with E-state index < -0.39 is 111 Å². The van der Waals surface area contributed by atoms with Crippen molar-refractivity contribution in [1.29, 1.82) is 0 Å². The van der Waals surface area contributed by atoms with Crippen molar-refractivity contribution >= 4 is 0 Å². The number of nitrogens with two attached hydrogens (primary N) is 3. The number of quaternary nitrogens is 1. The first-order valence-corrected chi connectivity index (χ1v) is 38.0. The molecule has 17 nitrogen and oxygen atoms in total. The SMILES string of the molecule is CCCCCCCCCCCCCCCCCC[N+](CCCCCCCCCCCCCCCCCC)(CCCCCCCCCCCCCCCCCC)[C@]1(CO)O[C@H](OC2[C@@H](CO)O[C@@H](OC3[C@@H](CO)O[C@@H](O)[C@H](N)[C@H]3O)[C@H](N)[C@H]2O)[C@H](N)[C@@H](O)[C@@H]1O. The van der Waals surface area contributed by atoms with Crippen molar-refractivity contribution in [3.63, 3.8) is 0 Å². The molecule has 17 heteroatoms. The van der Waals surface area contributed by atoms with Gasteiger partial charge in [0, 0.05) is 0 Å². The average Bonchev–Trinajstić information content (AvgIpc) is 1.91. The van der Waals surface area contributed by atoms with E-state index in [1.165, 1.54) is 231 Å². The van der Waals surface area contributed by atoms with Gasteiger partial charge in [0.1, 0.15) is 49.3 Å². The molecule has 0 aromatic heterocycles. The molecule has 0 bridgehead atoms. The molecule has 0 aromatic carbocycles. The summed E-state index contributed by atoms with van der Waals surface area (Å²) in [6.45, 7) is 6.64. The zero-order chi connectivity index (χ0) is 64.8. The summed E-state index contributed by atoms with van der Waals surface area (Å²) in [5.41, 5.74) is 17.6. The lowest BCUT2D eigenvalue weighted by Crippen LogP contribution is -2.81. The van der Waals surface area contributed by atoms with E-state index in [0.29, 0.717) is 19.6 Å². The first-order valence-electron chi connectivity index (χ1n) is 38.0. The van der Waals surface area contributed by atoms with Crippen LogP contribution in [0.1, 0.15) is 329 Å². The van der Waals surface area contributed by atoms with Crippen molar-refractivity contribution in [2.24, 2.45) is 17.2 Å². The summed E-state index contributed by atoms with van der Waals surface area (Å²) in [4.78, 5) is 0. The van der Waals surface area contributed by atoms with Gasteiger partial charge >= 0.3 is 0 Å². The van der Waals surface area contributed by atoms with Crippen LogP contribution in [0.2, 0.25) is 0 Å². The Hall–Kier alpha value is -0.680. The van der Waals surface area contributed by atoms with Gasteiger partial charge in [0.2, 0.25) is 0 Å². The summed E-state index contributed by atoms with van der Waals surface area (Å²) in [6, 6.07) is -4.01. The molecule has 3 aliphatic heterocycles. The summed E-state index contributed by atoms with van der Waals surface area (Å²) in [5, 5.41) is 90.8. The monoisotopic (exact) mass is 1270 g/mol. The Bertz CT molecular complexity index is 1520. The molecule has 89 heavy (non-hydrogen) atoms. The Balaban J connectivity index is 1.80. The van der Waals surface area contributed by atoms with E-state index in [2.05, 4.69) is 20.8 Å². The molecule has 14 N–H and O–H groups in total. The number of hydrogen-bond acceptors (Lipinski definition) is 16. The van der Waals surface area contributed by atoms with Gasteiger partial charge in [-0.1, -0.05) is 290 Å². The number of aliphatic hydroxyl groups excluding tert-OH is 8. The maximum atomic E-state index is 12.6. The first kappa shape index (κ1) is 82.6. The van der Waals surface area contributed by atoms with Crippen molar-refractivity contribution in [2.75, 3.05) is 39.5 Å². The van der Waals surface area contributed by atoms with Crippen LogP contribution in [0.5, 0.6) is 0 Å². The van der Waals surface area contributed by atoms with Crippen LogP contribution in [0.25, 0.3) is 0 Å². The standard InChI is InChI=1S/C72H145N4O13/c1-4-7-10-13-16-19-22-25-28-31-34-37-40-43-46-49-52-76(53-50-47-44-41-38-35-32-29-26-23-20-17-14-11-8-5-2,54-51-48-45-42-39-36-33-30-27-24-21-18-15-12-9-6-3)72(57-79)68(83)65(82)62(75)71(89-72)88-67-59(56-78)86-70(61(74)64(67)81)87-66-58(55-77)85-69(84)60(73)63(66)80/h58-71,77-84H,4-57,73-75H2,1-3H3/q+1/t58-,59-,60-,61-,62-,63-,64-,65-,66?,67?,68+,69-,70+,71+,72-/m1/s1. The minimum Gasteiger partial charge on any atom is -0.394 e. The fraction of sp³-hybridized carbons (Fsp3) is 1.00. The van der Waals surface area contributed by atoms with E-state index in [1.807, 2.05) is 0 Å². The van der Waals surface area contributed by atoms with Crippen molar-refractivity contribution in [3.05, 3.63) is 0 Å². The van der Waals surface area contributed by atoms with E-state index in [9.17, 15) is 40.9 Å². The summed E-state index contributed by atoms with van der Waals surface area (Å²) in [7, 11) is 0. The quantitative estimate of drug-likeness (QED) is 0.0199. The van der Waals surface area contributed by atoms with Gasteiger partial charge in [-0.2, -0.15) is 0 Å². The number of rotatable bonds is 59. The van der Waals surface area contributed by atoms with Crippen LogP contribution in [0, 0.1) is 0 Å². The lowest BCUT2D eigenvalue weighted by molar-refractivity contribution is -1.01. The second kappa shape index (κ2) is 51.6. The molecule has 0 aliphatic carbocycles. The van der Waals surface area contributed by atoms with Gasteiger partial charge in [0.15, 0.2) is 25.0 Å². The Morgan fingerprint density at radius 1 is 0.337 bits per heavy atom. The van der Waals surface area contributed by atoms with E-state index in [0.717, 1.165) is 77.0 Å². The van der Waals surface area contributed by atoms with Crippen molar-refractivity contribution < 1.29 is 69.0 Å². The first-order chi connectivity index (χ1) is 43.3. The van der Waals surface area contributed by atoms with E-state index in [-0.39, 0.29) is 4.48 Å². The third-order valence-electron chi connectivity index (χ3n) is 20.6. The van der Waals surface area contributed by atoms with Crippen LogP contribution in [0.15, 0.2) is 0 Å². The predicted octanol–water partition coefficient (Wildman–Crippen LogP) is 12.3. The van der Waals surface area contributed by atoms with Crippen molar-refractivity contribution in [2.45, 2.75) is 421 Å². The van der Waals surface area contributed by atoms with Crippen molar-refractivity contribution in [3.8, 4) is 0 Å². The number of ether oxygens (including phenoxy) is 5. The highest BCUT2D eigenvalue weighted by molar-refractivity contribution is 5.01. The van der Waals surface area contributed by atoms with Gasteiger partial charge in [-0.25, -0.2) is 0 Å². The Morgan fingerprint density at radius 2 is 0.596 bits per heavy atom. The van der Waals surface area contributed by atoms with Crippen molar-refractivity contribution in [1.82, 2.24) is 0 Å². The second-order valence-corrected chi connectivity index (χ2v) is 28.0. The molecule has 2 unspecified atom stereocenters. The smallest absolute Gasteiger partial charge is 0.258 e. The molecule has 530 valence electrons. The van der Waals surface area contributed by atoms with Gasteiger partial charge < -0.3 is 77.0 Å². The highest BCUT2D eigenvalue weighted by Crippen LogP contribution is 2.42. The molecule has 3 heterocycles. The van der Waals surface area contributed by atoms with E-state index in [4.69, 9.17) is 40.9 Å². The maximum absolute atomic E-state index is 12.6. The zero-order valence-corrected chi connectivity index (χ0v) is 57.6. The molecule has 0 radical (unpaired) electrons. The summed E-state index contributed by atoms with van der Waals surface area (Å²) in [6.07, 6.45) is 43.5. The van der Waals surface area contributed by atoms with E-state index >= 15 is 0 Å². The van der Waals surface area contributed by atoms with Crippen LogP contribution in [-0.4, -0.2) is 176 Å². The normalized spacial score (nSPS) is 28.5. The van der Waals surface area contributed by atoms with Gasteiger partial charge in [-0.3, -0.25) is 9.22 Å². The van der Waals surface area contributed by atoms with Crippen LogP contribution < -0.4 is 17.2 Å². The number of unbranched alkanes of at least 4 members (excludes halogenated alkanes) is 45. The lowest BCUT2D eigenvalue weighted by atomic mass is 9.87. The summed E-state index contributed by atoms with van der Waals surface area (Å²) in [5.74, 6) is 0. The third kappa shape index (κ3) is 30.9. The molecule has 0 saturated carbocycles. The molecule has 3 aliphatic rings. The van der Waals surface area contributed by atoms with Crippen LogP contribution >= 0.6 is 0 Å². The minimum absolute atomic E-state index is 0.210. The fourth-order valence-electron chi connectivity index (χ4n) is 14.5. The highest BCUT2D eigenvalue weighted by atomic mass is 16.7. The largest absolute Gasteiger partial charge is 0.394 e. The predicted molar refractivity (Wildman–Crippen MR) is 360 cm³/mol. The van der Waals surface area contributed by atoms with Gasteiger partial charge in [-0.15, -0.1) is 0 Å². The molecule has 3 rings (SSSR count). The zero-order valence-electron chi connectivity index (χ0n) is 57.6. The Labute approximate surface area is 544 Å². The van der Waals surface area contributed by atoms with E-state index in [1.54, 1.807) is 0 Å². The third-order valence-corrected chi connectivity index (χ3v) is 20.6. The molecule has 3 fully saturated rings. The van der Waals surface area contributed by atoms with Gasteiger partial charge in [0.25, 0.3) is 5.72 Å². The molecule has 3 saturated heterocycles.